The van der Waals surface area contributed by atoms with Crippen LogP contribution in [0.25, 0.3) is 0 Å². The van der Waals surface area contributed by atoms with Crippen LogP contribution in [0, 0.1) is 0 Å². The third-order valence-corrected chi connectivity index (χ3v) is 2.38. The molecule has 0 aliphatic rings. The molecule has 5 nitrogen and oxygen atoms in total. The van der Waals surface area contributed by atoms with Crippen molar-refractivity contribution in [3.05, 3.63) is 0 Å². The average molecular weight is 223 g/mol. The molecule has 0 aromatic heterocycles. The van der Waals surface area contributed by atoms with Crippen LogP contribution >= 0.6 is 0 Å². The summed E-state index contributed by atoms with van der Waals surface area (Å²) in [4.78, 5) is 11.1. The second-order valence-electron chi connectivity index (χ2n) is 3.40. The summed E-state index contributed by atoms with van der Waals surface area (Å²) in [5.74, 6) is -0.964. The van der Waals surface area contributed by atoms with Gasteiger partial charge in [0.25, 0.3) is 0 Å². The minimum Gasteiger partial charge on any atom is -0.396 e. The molecular formula is C8H17NO4S. The first-order valence-electron chi connectivity index (χ1n) is 4.43. The van der Waals surface area contributed by atoms with Crippen LogP contribution in [0.15, 0.2) is 0 Å². The molecule has 1 atom stereocenters. The summed E-state index contributed by atoms with van der Waals surface area (Å²) in [5.41, 5.74) is 0. The van der Waals surface area contributed by atoms with E-state index in [0.29, 0.717) is 12.8 Å². The first-order valence-corrected chi connectivity index (χ1v) is 6.49. The Hall–Kier alpha value is -0.620. The van der Waals surface area contributed by atoms with Crippen LogP contribution in [0.3, 0.4) is 0 Å². The third-order valence-electron chi connectivity index (χ3n) is 1.60. The molecule has 1 amide bonds. The summed E-state index contributed by atoms with van der Waals surface area (Å²) in [7, 11) is -3.25. The Morgan fingerprint density at radius 2 is 2.07 bits per heavy atom. The molecule has 0 saturated carbocycles. The van der Waals surface area contributed by atoms with E-state index in [-0.39, 0.29) is 12.6 Å². The maximum atomic E-state index is 11.1. The van der Waals surface area contributed by atoms with Crippen molar-refractivity contribution >= 4 is 15.7 Å². The molecule has 14 heavy (non-hydrogen) atoms. The summed E-state index contributed by atoms with van der Waals surface area (Å²) in [6.45, 7) is 1.85. The number of rotatable bonds is 6. The van der Waals surface area contributed by atoms with Gasteiger partial charge < -0.3 is 10.4 Å². The molecule has 0 heterocycles. The normalized spacial score (nSPS) is 13.6. The highest BCUT2D eigenvalue weighted by molar-refractivity contribution is 7.91. The maximum Gasteiger partial charge on any atom is 0.235 e. The minimum absolute atomic E-state index is 0.0757. The minimum atomic E-state index is -3.25. The van der Waals surface area contributed by atoms with Gasteiger partial charge in [-0.05, 0) is 19.8 Å². The molecular weight excluding hydrogens is 206 g/mol. The van der Waals surface area contributed by atoms with E-state index in [9.17, 15) is 13.2 Å². The number of hydrogen-bond acceptors (Lipinski definition) is 4. The summed E-state index contributed by atoms with van der Waals surface area (Å²) in [6, 6.07) is -0.101. The van der Waals surface area contributed by atoms with Crippen molar-refractivity contribution in [1.82, 2.24) is 5.32 Å². The molecule has 0 aromatic rings. The zero-order valence-corrected chi connectivity index (χ0v) is 9.30. The zero-order valence-electron chi connectivity index (χ0n) is 8.49. The highest BCUT2D eigenvalue weighted by atomic mass is 32.2. The lowest BCUT2D eigenvalue weighted by molar-refractivity contribution is -0.119. The Morgan fingerprint density at radius 3 is 2.50 bits per heavy atom. The lowest BCUT2D eigenvalue weighted by atomic mass is 10.2. The fraction of sp³-hybridized carbons (Fsp3) is 0.875. The number of hydrogen-bond donors (Lipinski definition) is 2. The zero-order chi connectivity index (χ0) is 11.2. The van der Waals surface area contributed by atoms with Gasteiger partial charge in [0.1, 0.15) is 5.75 Å². The Balaban J connectivity index is 3.83. The summed E-state index contributed by atoms with van der Waals surface area (Å²) in [5, 5.41) is 11.1. The van der Waals surface area contributed by atoms with Crippen molar-refractivity contribution in [1.29, 1.82) is 0 Å². The van der Waals surface area contributed by atoms with Crippen molar-refractivity contribution in [3.8, 4) is 0 Å². The van der Waals surface area contributed by atoms with Gasteiger partial charge in [0.2, 0.25) is 5.91 Å². The molecule has 1 unspecified atom stereocenters. The number of sulfone groups is 1. The van der Waals surface area contributed by atoms with E-state index in [1.165, 1.54) is 0 Å². The van der Waals surface area contributed by atoms with Crippen LogP contribution in [-0.4, -0.2) is 44.1 Å². The van der Waals surface area contributed by atoms with Crippen LogP contribution < -0.4 is 5.32 Å². The van der Waals surface area contributed by atoms with Crippen molar-refractivity contribution in [2.24, 2.45) is 0 Å². The van der Waals surface area contributed by atoms with Gasteiger partial charge in [-0.25, -0.2) is 8.42 Å². The van der Waals surface area contributed by atoms with Crippen molar-refractivity contribution in [3.63, 3.8) is 0 Å². The molecule has 0 spiro atoms. The van der Waals surface area contributed by atoms with Crippen molar-refractivity contribution in [2.45, 2.75) is 25.8 Å². The predicted molar refractivity (Wildman–Crippen MR) is 53.6 cm³/mol. The Morgan fingerprint density at radius 1 is 1.50 bits per heavy atom. The van der Waals surface area contributed by atoms with Gasteiger partial charge in [-0.2, -0.15) is 0 Å². The van der Waals surface area contributed by atoms with Crippen LogP contribution in [0.5, 0.6) is 0 Å². The molecule has 0 fully saturated rings. The van der Waals surface area contributed by atoms with Crippen LogP contribution in [0.2, 0.25) is 0 Å². The Labute approximate surface area is 84.4 Å². The van der Waals surface area contributed by atoms with E-state index < -0.39 is 21.5 Å². The monoisotopic (exact) mass is 223 g/mol. The van der Waals surface area contributed by atoms with Gasteiger partial charge in [-0.15, -0.1) is 0 Å². The molecule has 0 aliphatic carbocycles. The van der Waals surface area contributed by atoms with Crippen molar-refractivity contribution in [2.75, 3.05) is 18.6 Å². The van der Waals surface area contributed by atoms with E-state index >= 15 is 0 Å². The molecule has 6 heteroatoms. The van der Waals surface area contributed by atoms with E-state index in [0.717, 1.165) is 6.26 Å². The molecule has 0 radical (unpaired) electrons. The maximum absolute atomic E-state index is 11.1. The largest absolute Gasteiger partial charge is 0.396 e. The SMILES string of the molecule is CC(CCCO)NC(=O)CS(C)(=O)=O. The van der Waals surface area contributed by atoms with Gasteiger partial charge in [0, 0.05) is 18.9 Å². The lowest BCUT2D eigenvalue weighted by Crippen LogP contribution is -2.36. The molecule has 0 saturated heterocycles. The van der Waals surface area contributed by atoms with E-state index in [2.05, 4.69) is 5.32 Å². The predicted octanol–water partition coefficient (Wildman–Crippen LogP) is -0.692. The van der Waals surface area contributed by atoms with Gasteiger partial charge in [-0.1, -0.05) is 0 Å². The van der Waals surface area contributed by atoms with Gasteiger partial charge >= 0.3 is 0 Å². The summed E-state index contributed by atoms with van der Waals surface area (Å²) >= 11 is 0. The highest BCUT2D eigenvalue weighted by Crippen LogP contribution is 1.95. The topological polar surface area (TPSA) is 83.5 Å². The van der Waals surface area contributed by atoms with Crippen LogP contribution in [0.4, 0.5) is 0 Å². The molecule has 2 N–H and O–H groups in total. The Bertz CT molecular complexity index is 273. The number of amides is 1. The van der Waals surface area contributed by atoms with Crippen LogP contribution in [-0.2, 0) is 14.6 Å². The first kappa shape index (κ1) is 13.4. The van der Waals surface area contributed by atoms with Gasteiger partial charge in [0.15, 0.2) is 9.84 Å². The number of aliphatic hydroxyl groups excluding tert-OH is 1. The average Bonchev–Trinajstić information content (AvgIpc) is 1.96. The summed E-state index contributed by atoms with van der Waals surface area (Å²) in [6.07, 6.45) is 2.26. The van der Waals surface area contributed by atoms with Gasteiger partial charge in [0.05, 0.1) is 0 Å². The molecule has 0 rings (SSSR count). The second kappa shape index (κ2) is 5.98. The van der Waals surface area contributed by atoms with Crippen molar-refractivity contribution < 1.29 is 18.3 Å². The number of carbonyl (C=O) groups is 1. The lowest BCUT2D eigenvalue weighted by Gasteiger charge is -2.12. The quantitative estimate of drug-likeness (QED) is 0.624. The molecule has 0 aliphatic heterocycles. The highest BCUT2D eigenvalue weighted by Gasteiger charge is 2.12. The molecule has 0 aromatic carbocycles. The molecule has 0 bridgehead atoms. The fourth-order valence-corrected chi connectivity index (χ4v) is 1.58. The van der Waals surface area contributed by atoms with E-state index in [4.69, 9.17) is 5.11 Å². The third kappa shape index (κ3) is 8.00. The first-order chi connectivity index (χ1) is 6.35. The smallest absolute Gasteiger partial charge is 0.235 e. The van der Waals surface area contributed by atoms with E-state index in [1.54, 1.807) is 6.92 Å². The van der Waals surface area contributed by atoms with E-state index in [1.807, 2.05) is 0 Å². The number of carbonyl (C=O) groups excluding carboxylic acids is 1. The second-order valence-corrected chi connectivity index (χ2v) is 5.54. The fourth-order valence-electron chi connectivity index (χ4n) is 1.02. The molecule has 84 valence electrons. The number of nitrogens with one attached hydrogen (secondary N) is 1. The van der Waals surface area contributed by atoms with Crippen LogP contribution in [0.1, 0.15) is 19.8 Å². The Kier molecular flexibility index (Phi) is 5.71. The number of aliphatic hydroxyl groups is 1. The summed E-state index contributed by atoms with van der Waals surface area (Å²) < 4.78 is 21.5. The van der Waals surface area contributed by atoms with Gasteiger partial charge in [-0.3, -0.25) is 4.79 Å². The standard InChI is InChI=1S/C8H17NO4S/c1-7(4-3-5-10)9-8(11)6-14(2,12)13/h7,10H,3-6H2,1-2H3,(H,9,11).